The SMILES string of the molecule is COc1ccc(CCN2C(=O)CC(C(=O)Nc3cccc(OC)c3)SC2=Nc2cccc(Cl)c2)cc1. The van der Waals surface area contributed by atoms with E-state index in [4.69, 9.17) is 26.1 Å². The minimum absolute atomic E-state index is 0.0671. The maximum atomic E-state index is 13.2. The fraction of sp³-hybridized carbons (Fsp3) is 0.222. The van der Waals surface area contributed by atoms with E-state index in [0.29, 0.717) is 40.3 Å². The Hall–Kier alpha value is -3.49. The number of aliphatic imine (C=N–C) groups is 1. The molecule has 7 nitrogen and oxygen atoms in total. The monoisotopic (exact) mass is 523 g/mol. The van der Waals surface area contributed by atoms with E-state index >= 15 is 0 Å². The lowest BCUT2D eigenvalue weighted by atomic mass is 10.1. The summed E-state index contributed by atoms with van der Waals surface area (Å²) in [6.07, 6.45) is 0.698. The van der Waals surface area contributed by atoms with Gasteiger partial charge in [0.15, 0.2) is 5.17 Å². The van der Waals surface area contributed by atoms with Crippen molar-refractivity contribution in [1.82, 2.24) is 4.90 Å². The zero-order chi connectivity index (χ0) is 25.5. The van der Waals surface area contributed by atoms with Crippen molar-refractivity contribution in [2.24, 2.45) is 4.99 Å². The number of halogens is 1. The number of amides is 2. The van der Waals surface area contributed by atoms with Crippen LogP contribution in [0.2, 0.25) is 5.02 Å². The largest absolute Gasteiger partial charge is 0.497 e. The lowest BCUT2D eigenvalue weighted by Gasteiger charge is -2.32. The van der Waals surface area contributed by atoms with E-state index in [9.17, 15) is 9.59 Å². The van der Waals surface area contributed by atoms with Gasteiger partial charge in [-0.15, -0.1) is 0 Å². The molecule has 4 rings (SSSR count). The molecule has 0 spiro atoms. The van der Waals surface area contributed by atoms with Gasteiger partial charge in [0.25, 0.3) is 0 Å². The number of hydrogen-bond acceptors (Lipinski definition) is 6. The van der Waals surface area contributed by atoms with E-state index < -0.39 is 5.25 Å². The number of nitrogens with one attached hydrogen (secondary N) is 1. The Bertz CT molecular complexity index is 1270. The quantitative estimate of drug-likeness (QED) is 0.418. The van der Waals surface area contributed by atoms with Gasteiger partial charge in [0.1, 0.15) is 16.7 Å². The van der Waals surface area contributed by atoms with E-state index in [0.717, 1.165) is 11.3 Å². The lowest BCUT2D eigenvalue weighted by molar-refractivity contribution is -0.129. The number of methoxy groups -OCH3 is 2. The third kappa shape index (κ3) is 6.59. The summed E-state index contributed by atoms with van der Waals surface area (Å²) in [6, 6.07) is 21.9. The number of benzene rings is 3. The summed E-state index contributed by atoms with van der Waals surface area (Å²) in [5, 5.41) is 3.27. The normalized spacial score (nSPS) is 16.6. The number of nitrogens with zero attached hydrogens (tertiary/aromatic N) is 2. The number of amidine groups is 1. The minimum Gasteiger partial charge on any atom is -0.497 e. The Labute approximate surface area is 219 Å². The van der Waals surface area contributed by atoms with Crippen molar-refractivity contribution in [2.45, 2.75) is 18.1 Å². The van der Waals surface area contributed by atoms with Crippen LogP contribution in [0.25, 0.3) is 0 Å². The highest BCUT2D eigenvalue weighted by Crippen LogP contribution is 2.31. The number of hydrogen-bond donors (Lipinski definition) is 1. The van der Waals surface area contributed by atoms with Crippen LogP contribution in [0.5, 0.6) is 11.5 Å². The van der Waals surface area contributed by atoms with E-state index in [1.807, 2.05) is 30.3 Å². The van der Waals surface area contributed by atoms with Crippen LogP contribution in [0, 0.1) is 0 Å². The molecule has 1 fully saturated rings. The van der Waals surface area contributed by atoms with Crippen molar-refractivity contribution < 1.29 is 19.1 Å². The highest BCUT2D eigenvalue weighted by molar-refractivity contribution is 8.15. The van der Waals surface area contributed by atoms with E-state index in [-0.39, 0.29) is 18.2 Å². The Morgan fingerprint density at radius 3 is 2.53 bits per heavy atom. The van der Waals surface area contributed by atoms with Gasteiger partial charge in [0.05, 0.1) is 19.9 Å². The van der Waals surface area contributed by atoms with Crippen LogP contribution in [0.1, 0.15) is 12.0 Å². The molecule has 0 aromatic heterocycles. The maximum absolute atomic E-state index is 13.2. The molecule has 36 heavy (non-hydrogen) atoms. The number of anilines is 1. The molecule has 1 heterocycles. The molecule has 1 N–H and O–H groups in total. The van der Waals surface area contributed by atoms with Gasteiger partial charge < -0.3 is 14.8 Å². The first-order valence-corrected chi connectivity index (χ1v) is 12.6. The second-order valence-electron chi connectivity index (χ2n) is 8.05. The molecule has 186 valence electrons. The Balaban J connectivity index is 1.54. The summed E-state index contributed by atoms with van der Waals surface area (Å²) in [5.41, 5.74) is 2.28. The van der Waals surface area contributed by atoms with Crippen molar-refractivity contribution in [3.05, 3.63) is 83.4 Å². The third-order valence-electron chi connectivity index (χ3n) is 5.59. The van der Waals surface area contributed by atoms with E-state index in [1.165, 1.54) is 11.8 Å². The number of rotatable bonds is 8. The molecule has 1 aliphatic heterocycles. The van der Waals surface area contributed by atoms with E-state index in [1.54, 1.807) is 61.6 Å². The van der Waals surface area contributed by atoms with Crippen LogP contribution in [0.4, 0.5) is 11.4 Å². The first-order chi connectivity index (χ1) is 17.4. The first-order valence-electron chi connectivity index (χ1n) is 11.3. The lowest BCUT2D eigenvalue weighted by Crippen LogP contribution is -2.46. The molecule has 3 aromatic carbocycles. The predicted octanol–water partition coefficient (Wildman–Crippen LogP) is 5.56. The topological polar surface area (TPSA) is 80.2 Å². The standard InChI is InChI=1S/C27H26ClN3O4S/c1-34-22-11-9-18(10-12-22)13-14-31-25(32)17-24(26(33)29-21-7-4-8-23(16-21)35-2)36-27(31)30-20-6-3-5-19(28)15-20/h3-12,15-16,24H,13-14,17H2,1-2H3,(H,29,33). The Morgan fingerprint density at radius 2 is 1.81 bits per heavy atom. The van der Waals surface area contributed by atoms with Crippen LogP contribution in [-0.2, 0) is 16.0 Å². The molecular formula is C27H26ClN3O4S. The van der Waals surface area contributed by atoms with Crippen molar-refractivity contribution >= 4 is 51.7 Å². The highest BCUT2D eigenvalue weighted by atomic mass is 35.5. The third-order valence-corrected chi connectivity index (χ3v) is 7.01. The molecule has 1 aliphatic rings. The molecule has 3 aromatic rings. The molecule has 1 unspecified atom stereocenters. The Kier molecular flexibility index (Phi) is 8.51. The van der Waals surface area contributed by atoms with Crippen molar-refractivity contribution in [1.29, 1.82) is 0 Å². The molecule has 9 heteroatoms. The summed E-state index contributed by atoms with van der Waals surface area (Å²) in [4.78, 5) is 32.7. The fourth-order valence-corrected chi connectivity index (χ4v) is 4.98. The molecular weight excluding hydrogens is 498 g/mol. The summed E-state index contributed by atoms with van der Waals surface area (Å²) in [6.45, 7) is 0.432. The van der Waals surface area contributed by atoms with Crippen LogP contribution in [-0.4, -0.2) is 47.9 Å². The van der Waals surface area contributed by atoms with Crippen LogP contribution < -0.4 is 14.8 Å². The smallest absolute Gasteiger partial charge is 0.238 e. The highest BCUT2D eigenvalue weighted by Gasteiger charge is 2.35. The minimum atomic E-state index is -0.626. The zero-order valence-corrected chi connectivity index (χ0v) is 21.5. The average Bonchev–Trinajstić information content (AvgIpc) is 2.88. The van der Waals surface area contributed by atoms with Crippen LogP contribution >= 0.6 is 23.4 Å². The molecule has 1 saturated heterocycles. The summed E-state index contributed by atoms with van der Waals surface area (Å²) >= 11 is 7.42. The van der Waals surface area contributed by atoms with Crippen LogP contribution in [0.3, 0.4) is 0 Å². The van der Waals surface area contributed by atoms with Gasteiger partial charge in [-0.1, -0.05) is 47.6 Å². The Morgan fingerprint density at radius 1 is 1.06 bits per heavy atom. The molecule has 0 bridgehead atoms. The van der Waals surface area contributed by atoms with Crippen LogP contribution in [0.15, 0.2) is 77.8 Å². The van der Waals surface area contributed by atoms with Gasteiger partial charge in [0, 0.05) is 29.7 Å². The van der Waals surface area contributed by atoms with Gasteiger partial charge >= 0.3 is 0 Å². The van der Waals surface area contributed by atoms with Gasteiger partial charge in [-0.25, -0.2) is 4.99 Å². The van der Waals surface area contributed by atoms with Crippen molar-refractivity contribution in [3.8, 4) is 11.5 Å². The predicted molar refractivity (Wildman–Crippen MR) is 145 cm³/mol. The summed E-state index contributed by atoms with van der Waals surface area (Å²) < 4.78 is 10.4. The molecule has 0 saturated carbocycles. The van der Waals surface area contributed by atoms with Gasteiger partial charge in [0.2, 0.25) is 11.8 Å². The van der Waals surface area contributed by atoms with Gasteiger partial charge in [-0.05, 0) is 54.4 Å². The van der Waals surface area contributed by atoms with Gasteiger partial charge in [-0.2, -0.15) is 0 Å². The fourth-order valence-electron chi connectivity index (χ4n) is 3.67. The molecule has 1 atom stereocenters. The number of carbonyl (C=O) groups excluding carboxylic acids is 2. The summed E-state index contributed by atoms with van der Waals surface area (Å²) in [7, 11) is 3.19. The average molecular weight is 524 g/mol. The first kappa shape index (κ1) is 25.6. The molecule has 2 amide bonds. The maximum Gasteiger partial charge on any atom is 0.238 e. The molecule has 0 aliphatic carbocycles. The van der Waals surface area contributed by atoms with Crippen molar-refractivity contribution in [2.75, 3.05) is 26.1 Å². The van der Waals surface area contributed by atoms with E-state index in [2.05, 4.69) is 5.32 Å². The number of thioether (sulfide) groups is 1. The summed E-state index contributed by atoms with van der Waals surface area (Å²) in [5.74, 6) is 0.980. The second-order valence-corrected chi connectivity index (χ2v) is 9.66. The number of ether oxygens (including phenoxy) is 2. The zero-order valence-electron chi connectivity index (χ0n) is 19.9. The van der Waals surface area contributed by atoms with Crippen molar-refractivity contribution in [3.63, 3.8) is 0 Å². The second kappa shape index (κ2) is 12.0. The van der Waals surface area contributed by atoms with Gasteiger partial charge in [-0.3, -0.25) is 14.5 Å². The number of carbonyl (C=O) groups is 2. The molecule has 0 radical (unpaired) electrons.